The van der Waals surface area contributed by atoms with Gasteiger partial charge in [-0.2, -0.15) is 4.98 Å². The van der Waals surface area contributed by atoms with Crippen molar-refractivity contribution in [3.63, 3.8) is 0 Å². The number of nitrogens with one attached hydrogen (secondary N) is 2. The number of nitrogens with zero attached hydrogens (tertiary/aromatic N) is 4. The van der Waals surface area contributed by atoms with Crippen molar-refractivity contribution >= 4 is 23.2 Å². The van der Waals surface area contributed by atoms with E-state index in [0.29, 0.717) is 40.0 Å². The Labute approximate surface area is 219 Å². The molecule has 1 aliphatic heterocycles. The number of anilines is 2. The summed E-state index contributed by atoms with van der Waals surface area (Å²) in [4.78, 5) is 29.3. The molecule has 1 atom stereocenters. The Morgan fingerprint density at radius 2 is 1.79 bits per heavy atom. The number of para-hydroxylation sites is 2. The fourth-order valence-corrected chi connectivity index (χ4v) is 4.47. The minimum absolute atomic E-state index is 0.0435. The summed E-state index contributed by atoms with van der Waals surface area (Å²) in [6.07, 6.45) is 0. The average molecular weight is 511 g/mol. The van der Waals surface area contributed by atoms with Gasteiger partial charge >= 0.3 is 0 Å². The molecule has 1 amide bonds. The number of hydrogen-bond donors (Lipinski definition) is 2. The first-order valence-electron chi connectivity index (χ1n) is 12.0. The minimum Gasteiger partial charge on any atom is -0.495 e. The summed E-state index contributed by atoms with van der Waals surface area (Å²) in [5.41, 5.74) is 5.23. The standard InChI is InChI=1S/C28H26N6O4/c1-16-9-10-20(15-17(16)2)26-31-28-29-18(3)24(27(35)30-22-7-5-6-8-23(22)38-4)25(33(28)32-26)19-11-13-21(14-12-19)34(36)37/h5-15,25H,1-4H3,(H,30,35)(H,29,31,32). The number of aryl methyl sites for hydroxylation is 2. The summed E-state index contributed by atoms with van der Waals surface area (Å²) in [6.45, 7) is 5.86. The Hall–Kier alpha value is -4.99. The van der Waals surface area contributed by atoms with Crippen LogP contribution in [-0.2, 0) is 4.79 Å². The van der Waals surface area contributed by atoms with Crippen molar-refractivity contribution in [2.24, 2.45) is 0 Å². The number of ether oxygens (including phenoxy) is 1. The molecule has 0 bridgehead atoms. The van der Waals surface area contributed by atoms with Gasteiger partial charge in [-0.3, -0.25) is 14.9 Å². The maximum Gasteiger partial charge on any atom is 0.269 e. The van der Waals surface area contributed by atoms with E-state index in [0.717, 1.165) is 16.7 Å². The van der Waals surface area contributed by atoms with Crippen molar-refractivity contribution in [1.29, 1.82) is 0 Å². The molecule has 3 aromatic carbocycles. The smallest absolute Gasteiger partial charge is 0.269 e. The molecule has 2 N–H and O–H groups in total. The lowest BCUT2D eigenvalue weighted by atomic mass is 9.95. The van der Waals surface area contributed by atoms with E-state index in [9.17, 15) is 14.9 Å². The van der Waals surface area contributed by atoms with E-state index in [1.807, 2.05) is 38.1 Å². The zero-order valence-corrected chi connectivity index (χ0v) is 21.4. The van der Waals surface area contributed by atoms with Crippen molar-refractivity contribution in [2.45, 2.75) is 26.8 Å². The number of non-ortho nitro benzene ring substituents is 1. The van der Waals surface area contributed by atoms with Gasteiger partial charge in [0.25, 0.3) is 11.6 Å². The van der Waals surface area contributed by atoms with Crippen LogP contribution >= 0.6 is 0 Å². The van der Waals surface area contributed by atoms with Gasteiger partial charge in [-0.1, -0.05) is 24.3 Å². The Bertz CT molecular complexity index is 1590. The average Bonchev–Trinajstić information content (AvgIpc) is 3.33. The Morgan fingerprint density at radius 1 is 1.05 bits per heavy atom. The molecule has 0 saturated heterocycles. The molecule has 2 heterocycles. The van der Waals surface area contributed by atoms with Crippen molar-refractivity contribution in [3.05, 3.63) is 105 Å². The van der Waals surface area contributed by atoms with E-state index in [2.05, 4.69) is 10.6 Å². The van der Waals surface area contributed by atoms with E-state index in [1.54, 1.807) is 41.9 Å². The number of nitro benzene ring substituents is 1. The van der Waals surface area contributed by atoms with Crippen molar-refractivity contribution in [1.82, 2.24) is 14.8 Å². The summed E-state index contributed by atoms with van der Waals surface area (Å²) < 4.78 is 7.04. The zero-order chi connectivity index (χ0) is 27.0. The summed E-state index contributed by atoms with van der Waals surface area (Å²) in [5, 5.41) is 22.2. The Morgan fingerprint density at radius 3 is 2.47 bits per heavy atom. The highest BCUT2D eigenvalue weighted by molar-refractivity contribution is 6.06. The van der Waals surface area contributed by atoms with Gasteiger partial charge in [0, 0.05) is 23.4 Å². The second kappa shape index (κ2) is 9.81. The van der Waals surface area contributed by atoms with E-state index >= 15 is 0 Å². The fraction of sp³-hybridized carbons (Fsp3) is 0.179. The van der Waals surface area contributed by atoms with Gasteiger partial charge < -0.3 is 15.4 Å². The molecule has 0 fully saturated rings. The second-order valence-corrected chi connectivity index (χ2v) is 9.07. The van der Waals surface area contributed by atoms with Crippen molar-refractivity contribution in [2.75, 3.05) is 17.7 Å². The van der Waals surface area contributed by atoms with Crippen LogP contribution in [0.4, 0.5) is 17.3 Å². The summed E-state index contributed by atoms with van der Waals surface area (Å²) in [7, 11) is 1.54. The Kier molecular flexibility index (Phi) is 6.38. The van der Waals surface area contributed by atoms with Crippen LogP contribution in [0.15, 0.2) is 78.0 Å². The SMILES string of the molecule is COc1ccccc1NC(=O)C1=C(C)Nc2nc(-c3ccc(C)c(C)c3)nn2C1c1ccc([N+](=O)[O-])cc1. The van der Waals surface area contributed by atoms with Gasteiger partial charge in [-0.15, -0.1) is 5.10 Å². The van der Waals surface area contributed by atoms with Crippen molar-refractivity contribution in [3.8, 4) is 17.1 Å². The van der Waals surface area contributed by atoms with Crippen LogP contribution in [0.1, 0.15) is 29.7 Å². The quantitative estimate of drug-likeness (QED) is 0.263. The zero-order valence-electron chi connectivity index (χ0n) is 21.4. The Balaban J connectivity index is 1.61. The lowest BCUT2D eigenvalue weighted by molar-refractivity contribution is -0.384. The molecule has 192 valence electrons. The van der Waals surface area contributed by atoms with Crippen LogP contribution in [0.2, 0.25) is 0 Å². The van der Waals surface area contributed by atoms with Gasteiger partial charge in [0.2, 0.25) is 5.95 Å². The molecule has 38 heavy (non-hydrogen) atoms. The second-order valence-electron chi connectivity index (χ2n) is 9.07. The largest absolute Gasteiger partial charge is 0.495 e. The normalized spacial score (nSPS) is 14.5. The van der Waals surface area contributed by atoms with Gasteiger partial charge in [0.15, 0.2) is 5.82 Å². The summed E-state index contributed by atoms with van der Waals surface area (Å²) in [5.74, 6) is 1.12. The maximum atomic E-state index is 13.7. The van der Waals surface area contributed by atoms with Crippen molar-refractivity contribution < 1.29 is 14.5 Å². The number of methoxy groups -OCH3 is 1. The molecular formula is C28H26N6O4. The molecular weight excluding hydrogens is 484 g/mol. The highest BCUT2D eigenvalue weighted by Crippen LogP contribution is 2.38. The van der Waals surface area contributed by atoms with Gasteiger partial charge in [0.05, 0.1) is 23.3 Å². The number of rotatable bonds is 6. The highest BCUT2D eigenvalue weighted by Gasteiger charge is 2.35. The molecule has 0 radical (unpaired) electrons. The molecule has 1 unspecified atom stereocenters. The third-order valence-electron chi connectivity index (χ3n) is 6.64. The van der Waals surface area contributed by atoms with Gasteiger partial charge in [-0.05, 0) is 67.8 Å². The lowest BCUT2D eigenvalue weighted by Gasteiger charge is -2.28. The number of aromatic nitrogens is 3. The first-order chi connectivity index (χ1) is 18.3. The predicted octanol–water partition coefficient (Wildman–Crippen LogP) is 5.41. The first kappa shape index (κ1) is 24.7. The molecule has 4 aromatic rings. The first-order valence-corrected chi connectivity index (χ1v) is 12.0. The summed E-state index contributed by atoms with van der Waals surface area (Å²) >= 11 is 0. The number of hydrogen-bond acceptors (Lipinski definition) is 7. The van der Waals surface area contributed by atoms with Crippen LogP contribution in [0.5, 0.6) is 5.75 Å². The third-order valence-corrected chi connectivity index (χ3v) is 6.64. The number of nitro groups is 1. The van der Waals surface area contributed by atoms with Crippen LogP contribution < -0.4 is 15.4 Å². The van der Waals surface area contributed by atoms with Crippen LogP contribution in [-0.4, -0.2) is 32.7 Å². The lowest BCUT2D eigenvalue weighted by Crippen LogP contribution is -2.31. The summed E-state index contributed by atoms with van der Waals surface area (Å²) in [6, 6.07) is 18.6. The molecule has 0 aliphatic carbocycles. The highest BCUT2D eigenvalue weighted by atomic mass is 16.6. The number of fused-ring (bicyclic) bond motifs is 1. The maximum absolute atomic E-state index is 13.7. The molecule has 0 spiro atoms. The molecule has 5 rings (SSSR count). The molecule has 1 aliphatic rings. The fourth-order valence-electron chi connectivity index (χ4n) is 4.47. The molecule has 10 heteroatoms. The van der Waals surface area contributed by atoms with E-state index in [4.69, 9.17) is 14.8 Å². The minimum atomic E-state index is -0.686. The molecule has 10 nitrogen and oxygen atoms in total. The van der Waals surface area contributed by atoms with E-state index in [-0.39, 0.29) is 11.6 Å². The number of carbonyl (C=O) groups excluding carboxylic acids is 1. The molecule has 0 saturated carbocycles. The van der Waals surface area contributed by atoms with Crippen LogP contribution in [0.3, 0.4) is 0 Å². The predicted molar refractivity (Wildman–Crippen MR) is 144 cm³/mol. The molecule has 1 aromatic heterocycles. The number of carbonyl (C=O) groups is 1. The number of benzene rings is 3. The monoisotopic (exact) mass is 510 g/mol. The number of amides is 1. The third kappa shape index (κ3) is 4.47. The van der Waals surface area contributed by atoms with E-state index in [1.165, 1.54) is 19.2 Å². The topological polar surface area (TPSA) is 124 Å². The van der Waals surface area contributed by atoms with Crippen LogP contribution in [0, 0.1) is 24.0 Å². The van der Waals surface area contributed by atoms with Gasteiger partial charge in [0.1, 0.15) is 11.8 Å². The van der Waals surface area contributed by atoms with Crippen LogP contribution in [0.25, 0.3) is 11.4 Å². The van der Waals surface area contributed by atoms with E-state index < -0.39 is 11.0 Å². The van der Waals surface area contributed by atoms with Gasteiger partial charge in [-0.25, -0.2) is 4.68 Å². The number of allylic oxidation sites excluding steroid dienone is 1.